The molecule has 232 valence electrons. The van der Waals surface area contributed by atoms with Gasteiger partial charge >= 0.3 is 6.18 Å². The third-order valence-corrected chi connectivity index (χ3v) is 8.81. The Labute approximate surface area is 259 Å². The van der Waals surface area contributed by atoms with Crippen LogP contribution >= 0.6 is 11.3 Å². The van der Waals surface area contributed by atoms with Crippen LogP contribution in [-0.2, 0) is 23.1 Å². The van der Waals surface area contributed by atoms with Gasteiger partial charge in [-0.1, -0.05) is 17.3 Å². The largest absolute Gasteiger partial charge is 0.433 e. The summed E-state index contributed by atoms with van der Waals surface area (Å²) in [6, 6.07) is 13.5. The molecule has 0 saturated heterocycles. The molecule has 45 heavy (non-hydrogen) atoms. The number of rotatable bonds is 8. The van der Waals surface area contributed by atoms with Crippen LogP contribution in [0.3, 0.4) is 0 Å². The molecule has 14 heteroatoms. The number of aromatic nitrogens is 5. The fourth-order valence-electron chi connectivity index (χ4n) is 5.25. The molecule has 1 saturated carbocycles. The number of pyridine rings is 1. The first-order valence-corrected chi connectivity index (χ1v) is 15.0. The van der Waals surface area contributed by atoms with E-state index in [1.165, 1.54) is 11.3 Å². The summed E-state index contributed by atoms with van der Waals surface area (Å²) in [7, 11) is 0. The number of nitrogens with one attached hydrogen (secondary N) is 2. The van der Waals surface area contributed by atoms with Crippen LogP contribution in [0.5, 0.6) is 0 Å². The van der Waals surface area contributed by atoms with Crippen molar-refractivity contribution in [1.29, 1.82) is 0 Å². The van der Waals surface area contributed by atoms with Crippen LogP contribution in [0.2, 0.25) is 0 Å². The predicted octanol–water partition coefficient (Wildman–Crippen LogP) is 6.42. The summed E-state index contributed by atoms with van der Waals surface area (Å²) >= 11 is 1.34. The van der Waals surface area contributed by atoms with Crippen LogP contribution in [0, 0.1) is 12.8 Å². The van der Waals surface area contributed by atoms with E-state index in [2.05, 4.69) is 35.7 Å². The van der Waals surface area contributed by atoms with Gasteiger partial charge in [0.25, 0.3) is 0 Å². The van der Waals surface area contributed by atoms with Crippen LogP contribution in [0.15, 0.2) is 71.6 Å². The summed E-state index contributed by atoms with van der Waals surface area (Å²) in [5.74, 6) is -0.0244. The van der Waals surface area contributed by atoms with Crippen LogP contribution in [0.4, 0.5) is 24.8 Å². The van der Waals surface area contributed by atoms with Crippen LogP contribution in [-0.4, -0.2) is 36.1 Å². The number of halogens is 3. The number of nitrogens with zero attached hydrogens (tertiary/aromatic N) is 5. The lowest BCUT2D eigenvalue weighted by atomic mass is 9.78. The molecular formula is C31H28F3N7O3S. The molecule has 1 aliphatic carbocycles. The van der Waals surface area contributed by atoms with E-state index in [4.69, 9.17) is 4.52 Å². The summed E-state index contributed by atoms with van der Waals surface area (Å²) in [5, 5.41) is 21.8. The Balaban J connectivity index is 1.07. The summed E-state index contributed by atoms with van der Waals surface area (Å²) in [5.41, 5.74) is 1.23. The molecule has 1 amide bonds. The molecule has 0 spiro atoms. The molecule has 0 radical (unpaired) electrons. The minimum absolute atomic E-state index is 0.114. The van der Waals surface area contributed by atoms with Gasteiger partial charge in [0.1, 0.15) is 22.0 Å². The van der Waals surface area contributed by atoms with Crippen LogP contribution < -0.4 is 10.6 Å². The molecule has 0 unspecified atom stereocenters. The molecular weight excluding hydrogens is 607 g/mol. The number of alkyl halides is 3. The smallest absolute Gasteiger partial charge is 0.383 e. The lowest BCUT2D eigenvalue weighted by Gasteiger charge is -2.33. The van der Waals surface area contributed by atoms with E-state index >= 15 is 0 Å². The van der Waals surface area contributed by atoms with Crippen molar-refractivity contribution in [3.63, 3.8) is 0 Å². The highest BCUT2D eigenvalue weighted by atomic mass is 32.1. The Morgan fingerprint density at radius 1 is 1.07 bits per heavy atom. The maximum Gasteiger partial charge on any atom is 0.433 e. The Bertz CT molecular complexity index is 1800. The number of aryl methyl sites for hydroxylation is 1. The average Bonchev–Trinajstić information content (AvgIpc) is 3.72. The van der Waals surface area contributed by atoms with Crippen LogP contribution in [0.1, 0.15) is 47.7 Å². The second kappa shape index (κ2) is 12.4. The van der Waals surface area contributed by atoms with E-state index in [0.29, 0.717) is 53.5 Å². The maximum absolute atomic E-state index is 13.1. The molecule has 4 heterocycles. The topological polar surface area (TPSA) is 139 Å². The molecule has 1 fully saturated rings. The van der Waals surface area contributed by atoms with Gasteiger partial charge in [0.2, 0.25) is 11.9 Å². The first-order chi connectivity index (χ1) is 21.6. The molecule has 0 atom stereocenters. The van der Waals surface area contributed by atoms with Crippen molar-refractivity contribution in [3.05, 3.63) is 89.1 Å². The highest BCUT2D eigenvalue weighted by Gasteiger charge is 2.39. The molecule has 4 aromatic heterocycles. The number of carbonyl (C=O) groups is 1. The van der Waals surface area contributed by atoms with Crippen molar-refractivity contribution in [2.45, 2.75) is 50.9 Å². The summed E-state index contributed by atoms with van der Waals surface area (Å²) in [4.78, 5) is 29.9. The van der Waals surface area contributed by atoms with Gasteiger partial charge in [-0.2, -0.15) is 13.2 Å². The zero-order valence-electron chi connectivity index (χ0n) is 24.0. The Morgan fingerprint density at radius 3 is 2.64 bits per heavy atom. The fourth-order valence-corrected chi connectivity index (χ4v) is 6.30. The van der Waals surface area contributed by atoms with E-state index in [0.717, 1.165) is 28.3 Å². The van der Waals surface area contributed by atoms with Crippen molar-refractivity contribution in [1.82, 2.24) is 30.4 Å². The quantitative estimate of drug-likeness (QED) is 0.176. The second-order valence-corrected chi connectivity index (χ2v) is 12.0. The first kappa shape index (κ1) is 30.3. The van der Waals surface area contributed by atoms with E-state index < -0.39 is 17.5 Å². The number of aliphatic hydroxyl groups is 1. The van der Waals surface area contributed by atoms with Gasteiger partial charge in [0, 0.05) is 36.3 Å². The van der Waals surface area contributed by atoms with E-state index in [-0.39, 0.29) is 24.3 Å². The molecule has 1 aliphatic rings. The van der Waals surface area contributed by atoms with Crippen molar-refractivity contribution >= 4 is 28.9 Å². The van der Waals surface area contributed by atoms with Crippen molar-refractivity contribution in [3.8, 4) is 21.8 Å². The highest BCUT2D eigenvalue weighted by molar-refractivity contribution is 7.15. The SMILES string of the molecule is Cc1cc(Nc2nccc(C(F)(F)F)n2)cc(-c2cnc([C@]3(O)CC[C@H](C(=O)NCc4cc(-c5ccccn5)no4)CC3)s2)c1. The van der Waals surface area contributed by atoms with E-state index in [9.17, 15) is 23.1 Å². The van der Waals surface area contributed by atoms with Gasteiger partial charge in [-0.3, -0.25) is 9.78 Å². The average molecular weight is 636 g/mol. The summed E-state index contributed by atoms with van der Waals surface area (Å²) in [6.07, 6.45) is 1.54. The summed E-state index contributed by atoms with van der Waals surface area (Å²) in [6.45, 7) is 2.06. The zero-order chi connectivity index (χ0) is 31.6. The molecule has 0 bridgehead atoms. The Kier molecular flexibility index (Phi) is 8.34. The summed E-state index contributed by atoms with van der Waals surface area (Å²) < 4.78 is 44.6. The Hall–Kier alpha value is -4.69. The predicted molar refractivity (Wildman–Crippen MR) is 160 cm³/mol. The van der Waals surface area contributed by atoms with Gasteiger partial charge in [0.15, 0.2) is 5.76 Å². The molecule has 10 nitrogen and oxygen atoms in total. The normalized spacial score (nSPS) is 18.5. The monoisotopic (exact) mass is 635 g/mol. The number of thiazole rings is 1. The van der Waals surface area contributed by atoms with Crippen LogP contribution in [0.25, 0.3) is 21.8 Å². The minimum Gasteiger partial charge on any atom is -0.383 e. The molecule has 6 rings (SSSR count). The van der Waals surface area contributed by atoms with E-state index in [1.807, 2.05) is 31.2 Å². The van der Waals surface area contributed by atoms with E-state index in [1.54, 1.807) is 30.6 Å². The molecule has 3 N–H and O–H groups in total. The van der Waals surface area contributed by atoms with Crippen molar-refractivity contribution < 1.29 is 27.6 Å². The van der Waals surface area contributed by atoms with Crippen molar-refractivity contribution in [2.24, 2.45) is 5.92 Å². The fraction of sp³-hybridized carbons (Fsp3) is 0.290. The van der Waals surface area contributed by atoms with Gasteiger partial charge in [-0.05, 0) is 74.1 Å². The van der Waals surface area contributed by atoms with Gasteiger partial charge < -0.3 is 20.3 Å². The standard InChI is InChI=1S/C31H28F3N7O3S/c1-18-12-20(14-21(13-18)39-29-36-11-7-26(40-29)31(32,33)34)25-17-38-28(45-25)30(43)8-5-19(6-9-30)27(42)37-16-22-15-24(41-44-22)23-4-2-3-10-35-23/h2-4,7,10-15,17,19,43H,5-6,8-9,16H2,1H3,(H,37,42)(H,36,39,40)/t19-,30-. The highest BCUT2D eigenvalue weighted by Crippen LogP contribution is 2.43. The minimum atomic E-state index is -4.58. The molecule has 1 aromatic carbocycles. The Morgan fingerprint density at radius 2 is 1.89 bits per heavy atom. The van der Waals surface area contributed by atoms with Gasteiger partial charge in [-0.25, -0.2) is 15.0 Å². The maximum atomic E-state index is 13.1. The number of amides is 1. The number of carbonyl (C=O) groups excluding carboxylic acids is 1. The first-order valence-electron chi connectivity index (χ1n) is 14.2. The lowest BCUT2D eigenvalue weighted by Crippen LogP contribution is -2.38. The van der Waals surface area contributed by atoms with Gasteiger partial charge in [0.05, 0.1) is 17.1 Å². The van der Waals surface area contributed by atoms with Gasteiger partial charge in [-0.15, -0.1) is 11.3 Å². The lowest BCUT2D eigenvalue weighted by molar-refractivity contribution is -0.141. The second-order valence-electron chi connectivity index (χ2n) is 10.9. The third kappa shape index (κ3) is 7.02. The molecule has 5 aromatic rings. The molecule has 0 aliphatic heterocycles. The number of hydrogen-bond acceptors (Lipinski definition) is 10. The van der Waals surface area contributed by atoms with Crippen molar-refractivity contribution in [2.75, 3.05) is 5.32 Å². The number of benzene rings is 1. The number of hydrogen-bond donors (Lipinski definition) is 3. The zero-order valence-corrected chi connectivity index (χ0v) is 24.8. The third-order valence-electron chi connectivity index (χ3n) is 7.57. The number of anilines is 2.